The third-order valence-electron chi connectivity index (χ3n) is 4.74. The number of amides is 1. The first kappa shape index (κ1) is 16.5. The summed E-state index contributed by atoms with van der Waals surface area (Å²) in [6, 6.07) is 1.48. The Balaban J connectivity index is 1.42. The number of anilines is 1. The van der Waals surface area contributed by atoms with E-state index in [0.29, 0.717) is 23.3 Å². The van der Waals surface area contributed by atoms with Crippen molar-refractivity contribution >= 4 is 40.9 Å². The van der Waals surface area contributed by atoms with Gasteiger partial charge in [0, 0.05) is 12.6 Å². The largest absolute Gasteiger partial charge is 0.456 e. The summed E-state index contributed by atoms with van der Waals surface area (Å²) in [5.74, 6) is 1.30. The van der Waals surface area contributed by atoms with Crippen LogP contribution in [0.3, 0.4) is 0 Å². The lowest BCUT2D eigenvalue weighted by Crippen LogP contribution is -2.23. The fraction of sp³-hybridized carbons (Fsp3) is 0.562. The molecule has 0 radical (unpaired) electrons. The lowest BCUT2D eigenvalue weighted by Gasteiger charge is -2.20. The highest BCUT2D eigenvalue weighted by atomic mass is 35.5. The number of esters is 1. The van der Waals surface area contributed by atoms with Gasteiger partial charge in [-0.15, -0.1) is 0 Å². The number of nitrogens with one attached hydrogen (secondary N) is 1. The fourth-order valence-electron chi connectivity index (χ4n) is 3.72. The normalized spacial score (nSPS) is 25.4. The van der Waals surface area contributed by atoms with Gasteiger partial charge in [-0.25, -0.2) is 4.98 Å². The minimum atomic E-state index is -0.469. The number of carbonyl (C=O) groups excluding carboxylic acids is 2. The summed E-state index contributed by atoms with van der Waals surface area (Å²) >= 11 is 11.7. The number of aromatic nitrogens is 1. The first-order valence-corrected chi connectivity index (χ1v) is 8.53. The van der Waals surface area contributed by atoms with E-state index in [0.717, 1.165) is 12.3 Å². The van der Waals surface area contributed by atoms with Crippen LogP contribution in [0.4, 0.5) is 5.82 Å². The molecule has 2 fully saturated rings. The average Bonchev–Trinajstić information content (AvgIpc) is 3.11. The van der Waals surface area contributed by atoms with E-state index in [2.05, 4.69) is 10.3 Å². The van der Waals surface area contributed by atoms with Gasteiger partial charge >= 0.3 is 5.97 Å². The van der Waals surface area contributed by atoms with Gasteiger partial charge in [-0.3, -0.25) is 9.59 Å². The molecular weight excluding hydrogens is 339 g/mol. The number of fused-ring (bicyclic) bond motifs is 2. The molecule has 2 bridgehead atoms. The zero-order valence-electron chi connectivity index (χ0n) is 12.6. The predicted octanol–water partition coefficient (Wildman–Crippen LogP) is 3.70. The molecule has 2 aliphatic carbocycles. The van der Waals surface area contributed by atoms with E-state index in [1.165, 1.54) is 31.5 Å². The van der Waals surface area contributed by atoms with E-state index in [-0.39, 0.29) is 23.4 Å². The predicted molar refractivity (Wildman–Crippen MR) is 87.4 cm³/mol. The van der Waals surface area contributed by atoms with E-state index < -0.39 is 5.91 Å². The Bertz CT molecular complexity index is 623. The van der Waals surface area contributed by atoms with Crippen LogP contribution in [0.1, 0.15) is 32.1 Å². The third-order valence-corrected chi connectivity index (χ3v) is 5.24. The minimum absolute atomic E-state index is 0.199. The number of ether oxygens (including phenoxy) is 1. The molecule has 0 saturated heterocycles. The van der Waals surface area contributed by atoms with Crippen LogP contribution in [0.15, 0.2) is 12.3 Å². The highest BCUT2D eigenvalue weighted by molar-refractivity contribution is 6.36. The van der Waals surface area contributed by atoms with E-state index in [9.17, 15) is 9.59 Å². The van der Waals surface area contributed by atoms with Gasteiger partial charge < -0.3 is 10.1 Å². The highest BCUT2D eigenvalue weighted by Gasteiger charge is 2.40. The maximum absolute atomic E-state index is 11.9. The van der Waals surface area contributed by atoms with Crippen LogP contribution >= 0.6 is 23.2 Å². The quantitative estimate of drug-likeness (QED) is 0.816. The van der Waals surface area contributed by atoms with Crippen molar-refractivity contribution in [3.05, 3.63) is 22.3 Å². The maximum atomic E-state index is 11.9. The second-order valence-electron chi connectivity index (χ2n) is 6.33. The molecule has 0 aliphatic heterocycles. The highest BCUT2D eigenvalue weighted by Crippen LogP contribution is 2.49. The first-order valence-electron chi connectivity index (χ1n) is 7.78. The minimum Gasteiger partial charge on any atom is -0.456 e. The molecule has 3 rings (SSSR count). The summed E-state index contributed by atoms with van der Waals surface area (Å²) in [7, 11) is 0. The Morgan fingerprint density at radius 2 is 2.13 bits per heavy atom. The van der Waals surface area contributed by atoms with Crippen LogP contribution < -0.4 is 5.32 Å². The molecule has 1 aromatic heterocycles. The molecule has 2 aliphatic rings. The fourth-order valence-corrected chi connectivity index (χ4v) is 4.15. The molecule has 1 N–H and O–H groups in total. The van der Waals surface area contributed by atoms with E-state index in [1.807, 2.05) is 0 Å². The zero-order valence-corrected chi connectivity index (χ0v) is 14.1. The van der Waals surface area contributed by atoms with Gasteiger partial charge in [0.2, 0.25) is 0 Å². The van der Waals surface area contributed by atoms with E-state index in [1.54, 1.807) is 0 Å². The summed E-state index contributed by atoms with van der Waals surface area (Å²) < 4.78 is 5.06. The Morgan fingerprint density at radius 1 is 1.30 bits per heavy atom. The van der Waals surface area contributed by atoms with Crippen LogP contribution in [0.2, 0.25) is 10.0 Å². The number of carbonyl (C=O) groups is 2. The number of halogens is 2. The summed E-state index contributed by atoms with van der Waals surface area (Å²) in [6.07, 6.45) is 6.69. The van der Waals surface area contributed by atoms with Crippen molar-refractivity contribution in [1.29, 1.82) is 0 Å². The van der Waals surface area contributed by atoms with Crippen LogP contribution in [0.25, 0.3) is 0 Å². The molecule has 2 saturated carbocycles. The second-order valence-corrected chi connectivity index (χ2v) is 7.18. The number of pyridine rings is 1. The number of rotatable bonds is 5. The zero-order chi connectivity index (χ0) is 16.4. The number of hydrogen-bond acceptors (Lipinski definition) is 4. The van der Waals surface area contributed by atoms with Gasteiger partial charge in [0.25, 0.3) is 5.91 Å². The molecule has 1 amide bonds. The molecule has 7 heteroatoms. The second kappa shape index (κ2) is 7.05. The standard InChI is InChI=1S/C16H18Cl2N2O3/c17-12-6-13(18)16(19-7-12)20-14(21)8-23-15(22)5-11-4-9-1-2-10(11)3-9/h6-7,9-11H,1-5,8H2,(H,19,20,21). The van der Waals surface area contributed by atoms with E-state index >= 15 is 0 Å². The number of hydrogen-bond donors (Lipinski definition) is 1. The monoisotopic (exact) mass is 356 g/mol. The molecule has 124 valence electrons. The van der Waals surface area contributed by atoms with Gasteiger partial charge in [-0.05, 0) is 43.1 Å². The van der Waals surface area contributed by atoms with Crippen LogP contribution in [-0.2, 0) is 14.3 Å². The molecule has 0 spiro atoms. The molecule has 3 atom stereocenters. The summed E-state index contributed by atoms with van der Waals surface area (Å²) in [5, 5.41) is 3.11. The Hall–Kier alpha value is -1.33. The SMILES string of the molecule is O=C(COC(=O)CC1CC2CCC1C2)Nc1ncc(Cl)cc1Cl. The number of nitrogens with zero attached hydrogens (tertiary/aromatic N) is 1. The van der Waals surface area contributed by atoms with Gasteiger partial charge in [0.1, 0.15) is 0 Å². The van der Waals surface area contributed by atoms with Crippen molar-refractivity contribution in [3.63, 3.8) is 0 Å². The van der Waals surface area contributed by atoms with Gasteiger partial charge in [0.15, 0.2) is 12.4 Å². The Kier molecular flexibility index (Phi) is 5.07. The maximum Gasteiger partial charge on any atom is 0.306 e. The van der Waals surface area contributed by atoms with Crippen molar-refractivity contribution in [3.8, 4) is 0 Å². The lowest BCUT2D eigenvalue weighted by molar-refractivity contribution is -0.148. The summed E-state index contributed by atoms with van der Waals surface area (Å²) in [6.45, 7) is -0.333. The third kappa shape index (κ3) is 4.15. The average molecular weight is 357 g/mol. The molecule has 1 heterocycles. The summed E-state index contributed by atoms with van der Waals surface area (Å²) in [4.78, 5) is 27.6. The first-order chi connectivity index (χ1) is 11.0. The van der Waals surface area contributed by atoms with Crippen molar-refractivity contribution in [2.75, 3.05) is 11.9 Å². The molecular formula is C16H18Cl2N2O3. The van der Waals surface area contributed by atoms with Crippen LogP contribution in [0.5, 0.6) is 0 Å². The van der Waals surface area contributed by atoms with Gasteiger partial charge in [-0.2, -0.15) is 0 Å². The lowest BCUT2D eigenvalue weighted by atomic mass is 9.86. The van der Waals surface area contributed by atoms with Crippen LogP contribution in [0, 0.1) is 17.8 Å². The molecule has 23 heavy (non-hydrogen) atoms. The van der Waals surface area contributed by atoms with Crippen LogP contribution in [-0.4, -0.2) is 23.5 Å². The van der Waals surface area contributed by atoms with Crippen molar-refractivity contribution < 1.29 is 14.3 Å². The molecule has 3 unspecified atom stereocenters. The van der Waals surface area contributed by atoms with Crippen molar-refractivity contribution in [2.45, 2.75) is 32.1 Å². The van der Waals surface area contributed by atoms with Gasteiger partial charge in [-0.1, -0.05) is 29.6 Å². The molecule has 0 aromatic carbocycles. The van der Waals surface area contributed by atoms with Gasteiger partial charge in [0.05, 0.1) is 10.0 Å². The molecule has 1 aromatic rings. The van der Waals surface area contributed by atoms with Crippen molar-refractivity contribution in [2.24, 2.45) is 17.8 Å². The van der Waals surface area contributed by atoms with Crippen molar-refractivity contribution in [1.82, 2.24) is 4.98 Å². The summed E-state index contributed by atoms with van der Waals surface area (Å²) in [5.41, 5.74) is 0. The topological polar surface area (TPSA) is 68.3 Å². The Labute approximate surface area is 144 Å². The van der Waals surface area contributed by atoms with E-state index in [4.69, 9.17) is 27.9 Å². The molecule has 5 nitrogen and oxygen atoms in total. The smallest absolute Gasteiger partial charge is 0.306 e. The Morgan fingerprint density at radius 3 is 2.78 bits per heavy atom.